The summed E-state index contributed by atoms with van der Waals surface area (Å²) >= 11 is 0. The minimum atomic E-state index is -3.42. The molecule has 0 saturated carbocycles. The van der Waals surface area contributed by atoms with E-state index >= 15 is 0 Å². The highest BCUT2D eigenvalue weighted by molar-refractivity contribution is 7.89. The molecule has 156 valence electrons. The van der Waals surface area contributed by atoms with E-state index in [1.165, 1.54) is 7.05 Å². The van der Waals surface area contributed by atoms with Gasteiger partial charge in [-0.3, -0.25) is 0 Å². The summed E-state index contributed by atoms with van der Waals surface area (Å²) in [7, 11) is -2.01. The van der Waals surface area contributed by atoms with Crippen LogP contribution >= 0.6 is 0 Å². The summed E-state index contributed by atoms with van der Waals surface area (Å²) in [4.78, 5) is 7.22. The molecular formula is C19H30N4O4S. The summed E-state index contributed by atoms with van der Waals surface area (Å²) in [6, 6.07) is 6.80. The second-order valence-electron chi connectivity index (χ2n) is 6.93. The summed E-state index contributed by atoms with van der Waals surface area (Å²) < 4.78 is 37.7. The highest BCUT2D eigenvalue weighted by Crippen LogP contribution is 2.21. The van der Waals surface area contributed by atoms with Crippen LogP contribution in [0.25, 0.3) is 0 Å². The van der Waals surface area contributed by atoms with Gasteiger partial charge in [0, 0.05) is 26.2 Å². The minimum absolute atomic E-state index is 0.0751. The van der Waals surface area contributed by atoms with Gasteiger partial charge in [-0.15, -0.1) is 0 Å². The summed E-state index contributed by atoms with van der Waals surface area (Å²) in [5.41, 5.74) is 0.953. The van der Waals surface area contributed by atoms with Crippen molar-refractivity contribution in [3.8, 4) is 0 Å². The Morgan fingerprint density at radius 1 is 1.21 bits per heavy atom. The first-order chi connectivity index (χ1) is 13.5. The Balaban J connectivity index is 1.66. The van der Waals surface area contributed by atoms with E-state index in [2.05, 4.69) is 14.9 Å². The van der Waals surface area contributed by atoms with Crippen LogP contribution in [0, 0.1) is 0 Å². The predicted octanol–water partition coefficient (Wildman–Crippen LogP) is 0.940. The molecule has 2 N–H and O–H groups in total. The van der Waals surface area contributed by atoms with Crippen LogP contribution in [0.4, 0.5) is 0 Å². The second-order valence-corrected chi connectivity index (χ2v) is 8.81. The van der Waals surface area contributed by atoms with Crippen LogP contribution in [0.3, 0.4) is 0 Å². The van der Waals surface area contributed by atoms with Crippen molar-refractivity contribution in [2.45, 2.75) is 43.4 Å². The SMILES string of the molecule is CCNC(=NCc1ccc(S(=O)(=O)NC)cc1)N1CCOC(C2CCCO2)C1. The molecule has 1 aromatic rings. The van der Waals surface area contributed by atoms with Crippen molar-refractivity contribution >= 4 is 16.0 Å². The van der Waals surface area contributed by atoms with Gasteiger partial charge in [0.05, 0.1) is 24.2 Å². The van der Waals surface area contributed by atoms with Crippen LogP contribution < -0.4 is 10.0 Å². The number of guanidine groups is 1. The topological polar surface area (TPSA) is 92.3 Å². The van der Waals surface area contributed by atoms with Gasteiger partial charge in [-0.25, -0.2) is 18.1 Å². The number of hydrogen-bond donors (Lipinski definition) is 2. The average Bonchev–Trinajstić information content (AvgIpc) is 3.26. The van der Waals surface area contributed by atoms with Gasteiger partial charge in [0.1, 0.15) is 6.10 Å². The molecule has 2 aliphatic rings. The van der Waals surface area contributed by atoms with Crippen LogP contribution in [0.5, 0.6) is 0 Å². The van der Waals surface area contributed by atoms with E-state index < -0.39 is 10.0 Å². The van der Waals surface area contributed by atoms with Crippen molar-refractivity contribution in [1.82, 2.24) is 14.9 Å². The number of rotatable bonds is 6. The maximum Gasteiger partial charge on any atom is 0.240 e. The molecule has 8 nitrogen and oxygen atoms in total. The molecule has 2 atom stereocenters. The molecule has 0 aliphatic carbocycles. The number of sulfonamides is 1. The van der Waals surface area contributed by atoms with Crippen LogP contribution in [-0.2, 0) is 26.0 Å². The number of nitrogens with one attached hydrogen (secondary N) is 2. The first-order valence-electron chi connectivity index (χ1n) is 9.82. The monoisotopic (exact) mass is 410 g/mol. The largest absolute Gasteiger partial charge is 0.375 e. The first kappa shape index (κ1) is 21.0. The van der Waals surface area contributed by atoms with E-state index in [-0.39, 0.29) is 17.1 Å². The smallest absolute Gasteiger partial charge is 0.240 e. The van der Waals surface area contributed by atoms with Gasteiger partial charge in [0.15, 0.2) is 5.96 Å². The lowest BCUT2D eigenvalue weighted by molar-refractivity contribution is -0.0817. The standard InChI is InChI=1S/C19H30N4O4S/c1-3-21-19(23-10-12-27-18(14-23)17-5-4-11-26-17)22-13-15-6-8-16(9-7-15)28(24,25)20-2/h6-9,17-18,20H,3-5,10-14H2,1-2H3,(H,21,22). The first-order valence-corrected chi connectivity index (χ1v) is 11.3. The van der Waals surface area contributed by atoms with Gasteiger partial charge in [-0.1, -0.05) is 12.1 Å². The van der Waals surface area contributed by atoms with E-state index in [0.29, 0.717) is 13.2 Å². The van der Waals surface area contributed by atoms with Crippen molar-refractivity contribution in [2.24, 2.45) is 4.99 Å². The third kappa shape index (κ3) is 5.22. The lowest BCUT2D eigenvalue weighted by Crippen LogP contribution is -2.53. The van der Waals surface area contributed by atoms with Crippen molar-refractivity contribution in [1.29, 1.82) is 0 Å². The van der Waals surface area contributed by atoms with E-state index in [1.807, 2.05) is 6.92 Å². The lowest BCUT2D eigenvalue weighted by atomic mass is 10.1. The molecule has 0 bridgehead atoms. The number of ether oxygens (including phenoxy) is 2. The Kier molecular flexibility index (Phi) is 7.28. The minimum Gasteiger partial charge on any atom is -0.375 e. The van der Waals surface area contributed by atoms with E-state index in [9.17, 15) is 8.42 Å². The van der Waals surface area contributed by atoms with Crippen molar-refractivity contribution in [3.05, 3.63) is 29.8 Å². The summed E-state index contributed by atoms with van der Waals surface area (Å²) in [6.45, 7) is 6.32. The molecular weight excluding hydrogens is 380 g/mol. The van der Waals surface area contributed by atoms with Gasteiger partial charge < -0.3 is 19.7 Å². The van der Waals surface area contributed by atoms with Crippen LogP contribution in [0.1, 0.15) is 25.3 Å². The maximum atomic E-state index is 11.8. The van der Waals surface area contributed by atoms with Crippen LogP contribution in [0.15, 0.2) is 34.2 Å². The molecule has 2 unspecified atom stereocenters. The summed E-state index contributed by atoms with van der Waals surface area (Å²) in [5, 5.41) is 3.35. The Morgan fingerprint density at radius 3 is 2.61 bits per heavy atom. The lowest BCUT2D eigenvalue weighted by Gasteiger charge is -2.37. The zero-order chi connectivity index (χ0) is 20.0. The molecule has 0 aromatic heterocycles. The fourth-order valence-corrected chi connectivity index (χ4v) is 4.20. The Morgan fingerprint density at radius 2 is 1.96 bits per heavy atom. The fourth-order valence-electron chi connectivity index (χ4n) is 3.47. The third-order valence-electron chi connectivity index (χ3n) is 5.02. The van der Waals surface area contributed by atoms with Crippen molar-refractivity contribution in [2.75, 3.05) is 39.9 Å². The molecule has 28 heavy (non-hydrogen) atoms. The zero-order valence-corrected chi connectivity index (χ0v) is 17.4. The average molecular weight is 411 g/mol. The third-order valence-corrected chi connectivity index (χ3v) is 6.45. The predicted molar refractivity (Wildman–Crippen MR) is 108 cm³/mol. The molecule has 0 spiro atoms. The maximum absolute atomic E-state index is 11.8. The van der Waals surface area contributed by atoms with Gasteiger partial charge in [0.2, 0.25) is 10.0 Å². The number of hydrogen-bond acceptors (Lipinski definition) is 5. The molecule has 2 heterocycles. The molecule has 0 radical (unpaired) electrons. The van der Waals surface area contributed by atoms with Crippen molar-refractivity contribution < 1.29 is 17.9 Å². The molecule has 2 fully saturated rings. The molecule has 9 heteroatoms. The second kappa shape index (κ2) is 9.69. The highest BCUT2D eigenvalue weighted by atomic mass is 32.2. The molecule has 2 saturated heterocycles. The number of nitrogens with zero attached hydrogens (tertiary/aromatic N) is 2. The summed E-state index contributed by atoms with van der Waals surface area (Å²) in [5.74, 6) is 0.848. The van der Waals surface area contributed by atoms with Crippen molar-refractivity contribution in [3.63, 3.8) is 0 Å². The highest BCUT2D eigenvalue weighted by Gasteiger charge is 2.32. The molecule has 3 rings (SSSR count). The number of morpholine rings is 1. The van der Waals surface area contributed by atoms with Gasteiger partial charge >= 0.3 is 0 Å². The molecule has 0 amide bonds. The molecule has 2 aliphatic heterocycles. The van der Waals surface area contributed by atoms with Crippen LogP contribution in [-0.4, -0.2) is 71.4 Å². The Hall–Kier alpha value is -1.68. The quantitative estimate of drug-likeness (QED) is 0.536. The molecule has 1 aromatic carbocycles. The Bertz CT molecular complexity index is 761. The summed E-state index contributed by atoms with van der Waals surface area (Å²) in [6.07, 6.45) is 2.39. The zero-order valence-electron chi connectivity index (χ0n) is 16.6. The van der Waals surface area contributed by atoms with Gasteiger partial charge in [-0.2, -0.15) is 0 Å². The number of aliphatic imine (C=N–C) groups is 1. The van der Waals surface area contributed by atoms with Gasteiger partial charge in [-0.05, 0) is 44.5 Å². The van der Waals surface area contributed by atoms with Gasteiger partial charge in [0.25, 0.3) is 0 Å². The van der Waals surface area contributed by atoms with E-state index in [4.69, 9.17) is 14.5 Å². The fraction of sp³-hybridized carbons (Fsp3) is 0.632. The normalized spacial score (nSPS) is 23.8. The van der Waals surface area contributed by atoms with E-state index in [1.54, 1.807) is 24.3 Å². The van der Waals surface area contributed by atoms with E-state index in [0.717, 1.165) is 50.6 Å². The number of benzene rings is 1. The Labute approximate surface area is 167 Å². The van der Waals surface area contributed by atoms with Crippen LogP contribution in [0.2, 0.25) is 0 Å².